The molecule has 0 saturated carbocycles. The van der Waals surface area contributed by atoms with E-state index in [1.54, 1.807) is 6.07 Å². The van der Waals surface area contributed by atoms with E-state index in [4.69, 9.17) is 18.9 Å². The maximum atomic E-state index is 14.8. The van der Waals surface area contributed by atoms with Gasteiger partial charge in [-0.3, -0.25) is 13.9 Å². The van der Waals surface area contributed by atoms with Gasteiger partial charge < -0.3 is 29.2 Å². The topological polar surface area (TPSA) is 124 Å². The number of benzene rings is 4. The number of unbranched alkanes of at least 4 members (excludes halogenated alkanes) is 1. The molecule has 272 valence electrons. The molecule has 1 N–H and O–H groups in total. The number of anilines is 1. The Morgan fingerprint density at radius 1 is 0.784 bits per heavy atom. The molecule has 0 aliphatic heterocycles. The molecule has 11 nitrogen and oxygen atoms in total. The minimum Gasteiger partial charge on any atom is -0.497 e. The van der Waals surface area contributed by atoms with Gasteiger partial charge in [-0.05, 0) is 53.9 Å². The number of carbonyl (C=O) groups excluding carboxylic acids is 2. The molecule has 0 spiro atoms. The number of carbonyl (C=O) groups is 2. The van der Waals surface area contributed by atoms with Crippen molar-refractivity contribution >= 4 is 27.5 Å². The Balaban J connectivity index is 1.88. The van der Waals surface area contributed by atoms with Gasteiger partial charge in [0.1, 0.15) is 29.9 Å². The van der Waals surface area contributed by atoms with Crippen LogP contribution < -0.4 is 28.6 Å². The quantitative estimate of drug-likeness (QED) is 0.132. The standard InChI is InChI=1S/C38H44FN3O8S/c1-6-7-21-40-38(44)33(22-27-11-9-8-10-12-27)41(25-28-13-15-29(39)16-14-28)37(43)26-42(32-23-30(47-2)17-19-34(32)48-3)51(45,46)31-18-20-35(49-4)36(24-31)50-5/h8-20,23-24,33H,6-7,21-22,25-26H2,1-5H3,(H,40,44)/t33-/m0/s1. The van der Waals surface area contributed by atoms with E-state index in [0.29, 0.717) is 23.6 Å². The second-order valence-electron chi connectivity index (χ2n) is 11.6. The summed E-state index contributed by atoms with van der Waals surface area (Å²) in [6, 6.07) is 22.4. The maximum absolute atomic E-state index is 14.8. The van der Waals surface area contributed by atoms with Crippen molar-refractivity contribution in [1.82, 2.24) is 10.2 Å². The van der Waals surface area contributed by atoms with E-state index in [1.165, 1.54) is 87.9 Å². The summed E-state index contributed by atoms with van der Waals surface area (Å²) in [5, 5.41) is 2.95. The molecule has 4 aromatic rings. The molecule has 0 aliphatic carbocycles. The van der Waals surface area contributed by atoms with E-state index in [1.807, 2.05) is 37.3 Å². The lowest BCUT2D eigenvalue weighted by Gasteiger charge is -2.34. The number of nitrogens with zero attached hydrogens (tertiary/aromatic N) is 2. The molecular weight excluding hydrogens is 677 g/mol. The Morgan fingerprint density at radius 2 is 1.45 bits per heavy atom. The molecule has 2 amide bonds. The number of ether oxygens (including phenoxy) is 4. The van der Waals surface area contributed by atoms with E-state index in [9.17, 15) is 22.4 Å². The summed E-state index contributed by atoms with van der Waals surface area (Å²) in [6.07, 6.45) is 1.70. The van der Waals surface area contributed by atoms with Crippen LogP contribution in [0.25, 0.3) is 0 Å². The van der Waals surface area contributed by atoms with Crippen molar-refractivity contribution in [2.24, 2.45) is 0 Å². The second-order valence-corrected chi connectivity index (χ2v) is 13.4. The van der Waals surface area contributed by atoms with Crippen LogP contribution in [0.4, 0.5) is 10.1 Å². The zero-order valence-electron chi connectivity index (χ0n) is 29.4. The highest BCUT2D eigenvalue weighted by molar-refractivity contribution is 7.92. The average molecular weight is 722 g/mol. The molecular formula is C38H44FN3O8S. The van der Waals surface area contributed by atoms with E-state index in [2.05, 4.69) is 5.32 Å². The highest BCUT2D eigenvalue weighted by atomic mass is 32.2. The molecule has 0 bridgehead atoms. The molecule has 0 aliphatic rings. The van der Waals surface area contributed by atoms with Gasteiger partial charge in [-0.2, -0.15) is 0 Å². The Bertz CT molecular complexity index is 1870. The van der Waals surface area contributed by atoms with Crippen LogP contribution in [0.2, 0.25) is 0 Å². The predicted molar refractivity (Wildman–Crippen MR) is 192 cm³/mol. The van der Waals surface area contributed by atoms with Gasteiger partial charge in [0.2, 0.25) is 11.8 Å². The van der Waals surface area contributed by atoms with E-state index < -0.39 is 40.2 Å². The highest BCUT2D eigenvalue weighted by Gasteiger charge is 2.36. The first-order valence-electron chi connectivity index (χ1n) is 16.4. The smallest absolute Gasteiger partial charge is 0.265 e. The Morgan fingerprint density at radius 3 is 2.08 bits per heavy atom. The third kappa shape index (κ3) is 9.69. The molecule has 1 atom stereocenters. The number of sulfonamides is 1. The Kier molecular flexibility index (Phi) is 13.7. The van der Waals surface area contributed by atoms with Crippen LogP contribution >= 0.6 is 0 Å². The van der Waals surface area contributed by atoms with Crippen LogP contribution in [0.5, 0.6) is 23.0 Å². The minimum atomic E-state index is -4.53. The van der Waals surface area contributed by atoms with Gasteiger partial charge in [-0.1, -0.05) is 55.8 Å². The number of rotatable bonds is 18. The van der Waals surface area contributed by atoms with Gasteiger partial charge in [0.15, 0.2) is 11.5 Å². The second kappa shape index (κ2) is 18.1. The molecule has 0 fully saturated rings. The summed E-state index contributed by atoms with van der Waals surface area (Å²) >= 11 is 0. The van der Waals surface area contributed by atoms with Gasteiger partial charge in [0.25, 0.3) is 10.0 Å². The number of methoxy groups -OCH3 is 4. The molecule has 0 heterocycles. The van der Waals surface area contributed by atoms with Crippen LogP contribution in [0.1, 0.15) is 30.9 Å². The fourth-order valence-electron chi connectivity index (χ4n) is 5.46. The van der Waals surface area contributed by atoms with E-state index in [-0.39, 0.29) is 35.0 Å². The van der Waals surface area contributed by atoms with Crippen LogP contribution in [0, 0.1) is 5.82 Å². The fraction of sp³-hybridized carbons (Fsp3) is 0.316. The van der Waals surface area contributed by atoms with Crippen LogP contribution in [-0.4, -0.2) is 72.7 Å². The lowest BCUT2D eigenvalue weighted by Crippen LogP contribution is -2.53. The van der Waals surface area contributed by atoms with Crippen molar-refractivity contribution in [3.8, 4) is 23.0 Å². The first kappa shape index (κ1) is 38.5. The molecule has 0 aromatic heterocycles. The van der Waals surface area contributed by atoms with Crippen molar-refractivity contribution in [2.75, 3.05) is 45.8 Å². The lowest BCUT2D eigenvalue weighted by atomic mass is 10.0. The summed E-state index contributed by atoms with van der Waals surface area (Å²) in [5.41, 5.74) is 1.35. The largest absolute Gasteiger partial charge is 0.497 e. The number of hydrogen-bond donors (Lipinski definition) is 1. The highest BCUT2D eigenvalue weighted by Crippen LogP contribution is 2.38. The molecule has 0 unspecified atom stereocenters. The normalized spacial score (nSPS) is 11.6. The van der Waals surface area contributed by atoms with E-state index >= 15 is 0 Å². The molecule has 4 aromatic carbocycles. The van der Waals surface area contributed by atoms with Crippen molar-refractivity contribution in [1.29, 1.82) is 0 Å². The SMILES string of the molecule is CCCCNC(=O)[C@H](Cc1ccccc1)N(Cc1ccc(F)cc1)C(=O)CN(c1cc(OC)ccc1OC)S(=O)(=O)c1ccc(OC)c(OC)c1. The summed E-state index contributed by atoms with van der Waals surface area (Å²) in [5.74, 6) is -0.640. The van der Waals surface area contributed by atoms with Gasteiger partial charge in [0.05, 0.1) is 39.0 Å². The summed E-state index contributed by atoms with van der Waals surface area (Å²) in [6.45, 7) is 1.53. The Labute approximate surface area is 298 Å². The van der Waals surface area contributed by atoms with Crippen molar-refractivity contribution < 1.29 is 41.3 Å². The van der Waals surface area contributed by atoms with Crippen molar-refractivity contribution in [3.63, 3.8) is 0 Å². The van der Waals surface area contributed by atoms with Crippen molar-refractivity contribution in [3.05, 3.63) is 108 Å². The molecule has 0 saturated heterocycles. The van der Waals surface area contributed by atoms with Crippen LogP contribution in [0.3, 0.4) is 0 Å². The summed E-state index contributed by atoms with van der Waals surface area (Å²) in [4.78, 5) is 29.9. The molecule has 0 radical (unpaired) electrons. The summed E-state index contributed by atoms with van der Waals surface area (Å²) in [7, 11) is 1.09. The zero-order valence-corrected chi connectivity index (χ0v) is 30.2. The number of hydrogen-bond acceptors (Lipinski definition) is 8. The summed E-state index contributed by atoms with van der Waals surface area (Å²) < 4.78 is 65.8. The molecule has 51 heavy (non-hydrogen) atoms. The molecule has 13 heteroatoms. The average Bonchev–Trinajstić information content (AvgIpc) is 3.15. The molecule has 4 rings (SSSR count). The third-order valence-corrected chi connectivity index (χ3v) is 10.00. The fourth-order valence-corrected chi connectivity index (χ4v) is 6.89. The van der Waals surface area contributed by atoms with E-state index in [0.717, 1.165) is 22.7 Å². The van der Waals surface area contributed by atoms with Gasteiger partial charge in [-0.25, -0.2) is 12.8 Å². The first-order valence-corrected chi connectivity index (χ1v) is 17.8. The Hall–Kier alpha value is -5.30. The van der Waals surface area contributed by atoms with Crippen LogP contribution in [-0.2, 0) is 32.6 Å². The number of nitrogens with one attached hydrogen (secondary N) is 1. The third-order valence-electron chi connectivity index (χ3n) is 8.24. The monoisotopic (exact) mass is 721 g/mol. The first-order chi connectivity index (χ1) is 24.6. The van der Waals surface area contributed by atoms with Gasteiger partial charge in [-0.15, -0.1) is 0 Å². The minimum absolute atomic E-state index is 0.0220. The lowest BCUT2D eigenvalue weighted by molar-refractivity contribution is -0.140. The zero-order chi connectivity index (χ0) is 37.0. The van der Waals surface area contributed by atoms with Crippen LogP contribution in [0.15, 0.2) is 95.9 Å². The predicted octanol–water partition coefficient (Wildman–Crippen LogP) is 5.61. The maximum Gasteiger partial charge on any atom is 0.265 e. The van der Waals surface area contributed by atoms with Gasteiger partial charge >= 0.3 is 0 Å². The van der Waals surface area contributed by atoms with Gasteiger partial charge in [0, 0.05) is 31.6 Å². The van der Waals surface area contributed by atoms with Crippen molar-refractivity contribution in [2.45, 2.75) is 43.7 Å². The number of halogens is 1. The number of amides is 2.